The fourth-order valence-electron chi connectivity index (χ4n) is 3.80. The quantitative estimate of drug-likeness (QED) is 0.301. The fraction of sp³-hybridized carbons (Fsp3) is 0.111. The van der Waals surface area contributed by atoms with E-state index in [1.165, 1.54) is 31.4 Å². The van der Waals surface area contributed by atoms with Crippen LogP contribution in [0.4, 0.5) is 5.69 Å². The monoisotopic (exact) mass is 486 g/mol. The van der Waals surface area contributed by atoms with E-state index < -0.39 is 5.91 Å². The van der Waals surface area contributed by atoms with Crippen LogP contribution in [0.1, 0.15) is 44.3 Å². The van der Waals surface area contributed by atoms with E-state index in [0.29, 0.717) is 34.8 Å². The molecule has 4 rings (SSSR count). The summed E-state index contributed by atoms with van der Waals surface area (Å²) in [7, 11) is 1.46. The van der Waals surface area contributed by atoms with Crippen molar-refractivity contribution >= 4 is 40.8 Å². The molecule has 0 atom stereocenters. The first-order valence-electron chi connectivity index (χ1n) is 10.6. The molecule has 35 heavy (non-hydrogen) atoms. The molecular weight excluding hydrogens is 468 g/mol. The Labute approximate surface area is 206 Å². The molecule has 0 saturated carbocycles. The van der Waals surface area contributed by atoms with Gasteiger partial charge < -0.3 is 14.8 Å². The lowest BCUT2D eigenvalue weighted by Gasteiger charge is -2.18. The number of halogens is 1. The van der Waals surface area contributed by atoms with Crippen LogP contribution in [0.2, 0.25) is 5.02 Å². The molecule has 3 aromatic carbocycles. The number of rotatable bonds is 6. The number of nitriles is 1. The Morgan fingerprint density at radius 3 is 2.31 bits per heavy atom. The maximum Gasteiger partial charge on any atom is 0.266 e. The zero-order valence-corrected chi connectivity index (χ0v) is 19.6. The third-order valence-corrected chi connectivity index (χ3v) is 5.68. The molecule has 0 heterocycles. The topological polar surface area (TPSA) is 105 Å². The van der Waals surface area contributed by atoms with Crippen LogP contribution in [0.25, 0.3) is 6.08 Å². The molecule has 174 valence electrons. The van der Waals surface area contributed by atoms with Crippen molar-refractivity contribution in [3.05, 3.63) is 93.0 Å². The first-order chi connectivity index (χ1) is 16.9. The Morgan fingerprint density at radius 1 is 1.03 bits per heavy atom. The van der Waals surface area contributed by atoms with E-state index in [2.05, 4.69) is 5.32 Å². The average Bonchev–Trinajstić information content (AvgIpc) is 2.87. The SMILES string of the molecule is CCOc1c(Cl)cc(/C=C(\C#N)C(=O)Nc2ccc3c(c2)C(=O)c2ccccc2C3=O)cc1OC. The molecular formula is C27H19ClN2O5. The van der Waals surface area contributed by atoms with Crippen LogP contribution >= 0.6 is 11.6 Å². The highest BCUT2D eigenvalue weighted by Crippen LogP contribution is 2.37. The van der Waals surface area contributed by atoms with Gasteiger partial charge in [-0.3, -0.25) is 14.4 Å². The van der Waals surface area contributed by atoms with Crippen molar-refractivity contribution in [2.45, 2.75) is 6.92 Å². The van der Waals surface area contributed by atoms with Crippen LogP contribution in [0.5, 0.6) is 11.5 Å². The minimum atomic E-state index is -0.689. The lowest BCUT2D eigenvalue weighted by Crippen LogP contribution is -2.21. The second-order valence-corrected chi connectivity index (χ2v) is 7.96. The predicted molar refractivity (Wildman–Crippen MR) is 131 cm³/mol. The number of anilines is 1. The molecule has 0 aliphatic heterocycles. The average molecular weight is 487 g/mol. The molecule has 3 aromatic rings. The number of carbonyl (C=O) groups excluding carboxylic acids is 3. The van der Waals surface area contributed by atoms with Crippen molar-refractivity contribution in [3.63, 3.8) is 0 Å². The molecule has 0 aromatic heterocycles. The van der Waals surface area contributed by atoms with Crippen molar-refractivity contribution < 1.29 is 23.9 Å². The summed E-state index contributed by atoms with van der Waals surface area (Å²) in [5.74, 6) is -0.523. The van der Waals surface area contributed by atoms with Crippen LogP contribution in [0.3, 0.4) is 0 Å². The number of ether oxygens (including phenoxy) is 2. The van der Waals surface area contributed by atoms with E-state index in [0.717, 1.165) is 0 Å². The van der Waals surface area contributed by atoms with Gasteiger partial charge in [0.25, 0.3) is 5.91 Å². The molecule has 7 nitrogen and oxygen atoms in total. The van der Waals surface area contributed by atoms with Gasteiger partial charge in [-0.05, 0) is 48.9 Å². The third-order valence-electron chi connectivity index (χ3n) is 5.40. The van der Waals surface area contributed by atoms with Gasteiger partial charge in [0.05, 0.1) is 18.7 Å². The minimum absolute atomic E-state index is 0.192. The molecule has 1 N–H and O–H groups in total. The van der Waals surface area contributed by atoms with Gasteiger partial charge in [0, 0.05) is 27.9 Å². The lowest BCUT2D eigenvalue weighted by molar-refractivity contribution is -0.112. The Balaban J connectivity index is 1.62. The highest BCUT2D eigenvalue weighted by atomic mass is 35.5. The first kappa shape index (κ1) is 23.7. The number of hydrogen-bond acceptors (Lipinski definition) is 6. The number of amides is 1. The second kappa shape index (κ2) is 9.84. The van der Waals surface area contributed by atoms with Crippen LogP contribution in [-0.2, 0) is 4.79 Å². The summed E-state index contributed by atoms with van der Waals surface area (Å²) in [6.07, 6.45) is 1.36. The molecule has 0 radical (unpaired) electrons. The summed E-state index contributed by atoms with van der Waals surface area (Å²) >= 11 is 6.28. The normalized spacial score (nSPS) is 12.3. The highest BCUT2D eigenvalue weighted by molar-refractivity contribution is 6.32. The van der Waals surface area contributed by atoms with E-state index in [-0.39, 0.29) is 39.0 Å². The van der Waals surface area contributed by atoms with Crippen molar-refractivity contribution in [2.75, 3.05) is 19.0 Å². The Bertz CT molecular complexity index is 1450. The molecule has 0 saturated heterocycles. The van der Waals surface area contributed by atoms with E-state index in [9.17, 15) is 19.6 Å². The van der Waals surface area contributed by atoms with Gasteiger partial charge in [-0.25, -0.2) is 0 Å². The molecule has 1 aliphatic carbocycles. The van der Waals surface area contributed by atoms with Gasteiger partial charge in [0.1, 0.15) is 11.6 Å². The van der Waals surface area contributed by atoms with Gasteiger partial charge in [-0.1, -0.05) is 35.9 Å². The van der Waals surface area contributed by atoms with Crippen molar-refractivity contribution in [3.8, 4) is 17.6 Å². The van der Waals surface area contributed by atoms with Gasteiger partial charge in [-0.2, -0.15) is 5.26 Å². The number of benzene rings is 3. The van der Waals surface area contributed by atoms with E-state index in [4.69, 9.17) is 21.1 Å². The summed E-state index contributed by atoms with van der Waals surface area (Å²) in [5, 5.41) is 12.5. The van der Waals surface area contributed by atoms with Gasteiger partial charge in [0.15, 0.2) is 23.1 Å². The molecule has 1 aliphatic rings. The van der Waals surface area contributed by atoms with Gasteiger partial charge in [-0.15, -0.1) is 0 Å². The van der Waals surface area contributed by atoms with Gasteiger partial charge >= 0.3 is 0 Å². The van der Waals surface area contributed by atoms with E-state index in [1.807, 2.05) is 13.0 Å². The summed E-state index contributed by atoms with van der Waals surface area (Å²) in [6.45, 7) is 2.20. The molecule has 0 unspecified atom stereocenters. The number of carbonyl (C=O) groups is 3. The van der Waals surface area contributed by atoms with Crippen LogP contribution in [-0.4, -0.2) is 31.2 Å². The standard InChI is InChI=1S/C27H19ClN2O5/c1-3-35-26-22(28)11-15(12-23(26)34-2)10-16(14-29)27(33)30-17-8-9-20-21(13-17)25(32)19-7-5-4-6-18(19)24(20)31/h4-13H,3H2,1-2H3,(H,30,33)/b16-10+. The highest BCUT2D eigenvalue weighted by Gasteiger charge is 2.29. The lowest BCUT2D eigenvalue weighted by atomic mass is 9.84. The summed E-state index contributed by atoms with van der Waals surface area (Å²) < 4.78 is 10.8. The van der Waals surface area contributed by atoms with Crippen LogP contribution in [0.15, 0.2) is 60.2 Å². The maximum absolute atomic E-state index is 12.9. The van der Waals surface area contributed by atoms with E-state index >= 15 is 0 Å². The summed E-state index contributed by atoms with van der Waals surface area (Å²) in [4.78, 5) is 38.5. The van der Waals surface area contributed by atoms with Crippen molar-refractivity contribution in [1.82, 2.24) is 0 Å². The number of ketones is 2. The Morgan fingerprint density at radius 2 is 1.69 bits per heavy atom. The van der Waals surface area contributed by atoms with Crippen molar-refractivity contribution in [1.29, 1.82) is 5.26 Å². The fourth-order valence-corrected chi connectivity index (χ4v) is 4.07. The molecule has 0 fully saturated rings. The van der Waals surface area contributed by atoms with Crippen LogP contribution < -0.4 is 14.8 Å². The van der Waals surface area contributed by atoms with Crippen LogP contribution in [0, 0.1) is 11.3 Å². The third kappa shape index (κ3) is 4.52. The summed E-state index contributed by atoms with van der Waals surface area (Å²) in [6, 6.07) is 16.1. The molecule has 0 bridgehead atoms. The number of nitrogens with zero attached hydrogens (tertiary/aromatic N) is 1. The number of hydrogen-bond donors (Lipinski definition) is 1. The number of nitrogens with one attached hydrogen (secondary N) is 1. The predicted octanol–water partition coefficient (Wildman–Crippen LogP) is 5.07. The van der Waals surface area contributed by atoms with E-state index in [1.54, 1.807) is 36.4 Å². The Kier molecular flexibility index (Phi) is 6.67. The van der Waals surface area contributed by atoms with Crippen molar-refractivity contribution in [2.24, 2.45) is 0 Å². The maximum atomic E-state index is 12.9. The molecule has 1 amide bonds. The van der Waals surface area contributed by atoms with Gasteiger partial charge in [0.2, 0.25) is 0 Å². The zero-order valence-electron chi connectivity index (χ0n) is 18.8. The first-order valence-corrected chi connectivity index (χ1v) is 11.0. The Hall–Kier alpha value is -4.41. The smallest absolute Gasteiger partial charge is 0.266 e. The number of methoxy groups -OCH3 is 1. The zero-order chi connectivity index (χ0) is 25.1. The number of fused-ring (bicyclic) bond motifs is 2. The molecule has 0 spiro atoms. The molecule has 8 heteroatoms. The minimum Gasteiger partial charge on any atom is -0.493 e. The summed E-state index contributed by atoms with van der Waals surface area (Å²) in [5.41, 5.74) is 1.66. The largest absolute Gasteiger partial charge is 0.493 e. The second-order valence-electron chi connectivity index (χ2n) is 7.56.